The minimum atomic E-state index is 0.159. The van der Waals surface area contributed by atoms with E-state index in [0.717, 1.165) is 11.3 Å². The first-order valence-corrected chi connectivity index (χ1v) is 7.73. The molecule has 0 saturated carbocycles. The van der Waals surface area contributed by atoms with E-state index < -0.39 is 0 Å². The molecule has 0 saturated heterocycles. The first-order chi connectivity index (χ1) is 11.5. The van der Waals surface area contributed by atoms with Crippen LogP contribution in [0, 0.1) is 20.8 Å². The molecular weight excluding hydrogens is 300 g/mol. The molecule has 5 nitrogen and oxygen atoms in total. The summed E-state index contributed by atoms with van der Waals surface area (Å²) in [6.07, 6.45) is 0. The maximum atomic E-state index is 5.81. The number of aryl methyl sites for hydroxylation is 3. The molecule has 0 aliphatic carbocycles. The smallest absolute Gasteiger partial charge is 0.226 e. The molecule has 0 aliphatic heterocycles. The zero-order valence-electron chi connectivity index (χ0n) is 14.0. The van der Waals surface area contributed by atoms with E-state index in [0.29, 0.717) is 17.4 Å². The van der Waals surface area contributed by atoms with Crippen LogP contribution in [0.4, 0.5) is 17.5 Å². The van der Waals surface area contributed by atoms with Gasteiger partial charge in [-0.05, 0) is 61.7 Å². The lowest BCUT2D eigenvalue weighted by Gasteiger charge is -2.11. The fourth-order valence-electron chi connectivity index (χ4n) is 2.33. The van der Waals surface area contributed by atoms with Crippen LogP contribution in [0.2, 0.25) is 0 Å². The average molecular weight is 320 g/mol. The Bertz CT molecular complexity index is 877. The molecule has 1 heterocycles. The standard InChI is InChI=1S/C19H20N4O/c1-12-5-4-6-16(9-12)24-18-11-17(22-19(20)23-18)21-15-8-7-13(2)14(3)10-15/h4-11H,1-3H3,(H3,20,21,22,23). The third-order valence-corrected chi connectivity index (χ3v) is 3.71. The first kappa shape index (κ1) is 15.8. The molecular formula is C19H20N4O. The fourth-order valence-corrected chi connectivity index (χ4v) is 2.33. The first-order valence-electron chi connectivity index (χ1n) is 7.73. The van der Waals surface area contributed by atoms with Gasteiger partial charge in [0.2, 0.25) is 11.8 Å². The highest BCUT2D eigenvalue weighted by Crippen LogP contribution is 2.25. The van der Waals surface area contributed by atoms with Gasteiger partial charge in [-0.2, -0.15) is 9.97 Å². The van der Waals surface area contributed by atoms with Crippen molar-refractivity contribution in [1.82, 2.24) is 9.97 Å². The number of nitrogens with two attached hydrogens (primary N) is 1. The highest BCUT2D eigenvalue weighted by atomic mass is 16.5. The van der Waals surface area contributed by atoms with Crippen LogP contribution < -0.4 is 15.8 Å². The molecule has 0 radical (unpaired) electrons. The molecule has 122 valence electrons. The number of rotatable bonds is 4. The van der Waals surface area contributed by atoms with Crippen LogP contribution in [0.25, 0.3) is 0 Å². The van der Waals surface area contributed by atoms with Crippen molar-refractivity contribution in [3.05, 3.63) is 65.2 Å². The molecule has 0 atom stereocenters. The summed E-state index contributed by atoms with van der Waals surface area (Å²) in [6, 6.07) is 15.6. The summed E-state index contributed by atoms with van der Waals surface area (Å²) in [7, 11) is 0. The van der Waals surface area contributed by atoms with Crippen molar-refractivity contribution in [3.8, 4) is 11.6 Å². The van der Waals surface area contributed by atoms with Crippen molar-refractivity contribution in [2.45, 2.75) is 20.8 Å². The Morgan fingerprint density at radius 3 is 2.50 bits per heavy atom. The van der Waals surface area contributed by atoms with Crippen LogP contribution in [0.1, 0.15) is 16.7 Å². The third kappa shape index (κ3) is 3.81. The van der Waals surface area contributed by atoms with Crippen LogP contribution in [0.5, 0.6) is 11.6 Å². The number of benzene rings is 2. The van der Waals surface area contributed by atoms with E-state index in [2.05, 4.69) is 41.3 Å². The summed E-state index contributed by atoms with van der Waals surface area (Å²) < 4.78 is 5.79. The molecule has 2 aromatic carbocycles. The number of aromatic nitrogens is 2. The van der Waals surface area contributed by atoms with Crippen LogP contribution in [0.3, 0.4) is 0 Å². The van der Waals surface area contributed by atoms with Gasteiger partial charge in [-0.25, -0.2) is 0 Å². The second-order valence-corrected chi connectivity index (χ2v) is 5.79. The van der Waals surface area contributed by atoms with Crippen molar-refractivity contribution in [3.63, 3.8) is 0 Å². The topological polar surface area (TPSA) is 73.1 Å². The number of hydrogen-bond donors (Lipinski definition) is 2. The number of nitrogens with zero attached hydrogens (tertiary/aromatic N) is 2. The molecule has 0 bridgehead atoms. The van der Waals surface area contributed by atoms with E-state index in [9.17, 15) is 0 Å². The molecule has 3 N–H and O–H groups in total. The summed E-state index contributed by atoms with van der Waals surface area (Å²) in [5.74, 6) is 1.87. The highest BCUT2D eigenvalue weighted by Gasteiger charge is 2.06. The van der Waals surface area contributed by atoms with Crippen LogP contribution in [-0.4, -0.2) is 9.97 Å². The van der Waals surface area contributed by atoms with E-state index in [1.165, 1.54) is 11.1 Å². The van der Waals surface area contributed by atoms with Crippen LogP contribution in [0.15, 0.2) is 48.5 Å². The molecule has 0 amide bonds. The van der Waals surface area contributed by atoms with Gasteiger partial charge in [0, 0.05) is 11.8 Å². The van der Waals surface area contributed by atoms with Crippen molar-refractivity contribution in [1.29, 1.82) is 0 Å². The second-order valence-electron chi connectivity index (χ2n) is 5.79. The Labute approximate surface area is 141 Å². The Morgan fingerprint density at radius 2 is 1.75 bits per heavy atom. The van der Waals surface area contributed by atoms with E-state index in [1.54, 1.807) is 6.07 Å². The van der Waals surface area contributed by atoms with Gasteiger partial charge in [-0.1, -0.05) is 18.2 Å². The second kappa shape index (κ2) is 6.58. The summed E-state index contributed by atoms with van der Waals surface area (Å²) in [5, 5.41) is 3.24. The van der Waals surface area contributed by atoms with E-state index in [4.69, 9.17) is 10.5 Å². The molecule has 3 rings (SSSR count). The minimum Gasteiger partial charge on any atom is -0.439 e. The maximum absolute atomic E-state index is 5.81. The lowest BCUT2D eigenvalue weighted by Crippen LogP contribution is -2.02. The number of ether oxygens (including phenoxy) is 1. The average Bonchev–Trinajstić information content (AvgIpc) is 2.50. The SMILES string of the molecule is Cc1cccc(Oc2cc(Nc3ccc(C)c(C)c3)nc(N)n2)c1. The van der Waals surface area contributed by atoms with Gasteiger partial charge in [0.1, 0.15) is 11.6 Å². The Kier molecular flexibility index (Phi) is 4.33. The summed E-state index contributed by atoms with van der Waals surface area (Å²) in [4.78, 5) is 8.35. The third-order valence-electron chi connectivity index (χ3n) is 3.71. The molecule has 3 aromatic rings. The molecule has 0 unspecified atom stereocenters. The van der Waals surface area contributed by atoms with Crippen molar-refractivity contribution >= 4 is 17.5 Å². The lowest BCUT2D eigenvalue weighted by atomic mass is 10.1. The summed E-state index contributed by atoms with van der Waals surface area (Å²) in [5.41, 5.74) is 10.3. The Balaban J connectivity index is 1.84. The van der Waals surface area contributed by atoms with E-state index >= 15 is 0 Å². The largest absolute Gasteiger partial charge is 0.439 e. The van der Waals surface area contributed by atoms with Gasteiger partial charge in [-0.3, -0.25) is 0 Å². The predicted molar refractivity (Wildman–Crippen MR) is 96.9 cm³/mol. The normalized spacial score (nSPS) is 10.5. The predicted octanol–water partition coefficient (Wildman–Crippen LogP) is 4.52. The van der Waals surface area contributed by atoms with Crippen molar-refractivity contribution in [2.75, 3.05) is 11.1 Å². The maximum Gasteiger partial charge on any atom is 0.226 e. The lowest BCUT2D eigenvalue weighted by molar-refractivity contribution is 0.462. The molecule has 0 fully saturated rings. The minimum absolute atomic E-state index is 0.159. The number of nitrogen functional groups attached to an aromatic ring is 1. The van der Waals surface area contributed by atoms with Crippen LogP contribution >= 0.6 is 0 Å². The van der Waals surface area contributed by atoms with Crippen molar-refractivity contribution in [2.24, 2.45) is 0 Å². The van der Waals surface area contributed by atoms with E-state index in [1.807, 2.05) is 37.3 Å². The number of hydrogen-bond acceptors (Lipinski definition) is 5. The van der Waals surface area contributed by atoms with Gasteiger partial charge < -0.3 is 15.8 Å². The number of anilines is 3. The molecule has 5 heteroatoms. The van der Waals surface area contributed by atoms with E-state index in [-0.39, 0.29) is 5.95 Å². The molecule has 0 aliphatic rings. The van der Waals surface area contributed by atoms with Crippen molar-refractivity contribution < 1.29 is 4.74 Å². The Hall–Kier alpha value is -3.08. The zero-order chi connectivity index (χ0) is 17.1. The molecule has 0 spiro atoms. The van der Waals surface area contributed by atoms with Gasteiger partial charge in [0.15, 0.2) is 0 Å². The molecule has 1 aromatic heterocycles. The van der Waals surface area contributed by atoms with Gasteiger partial charge in [0.25, 0.3) is 0 Å². The van der Waals surface area contributed by atoms with Crippen LogP contribution in [-0.2, 0) is 0 Å². The van der Waals surface area contributed by atoms with Gasteiger partial charge in [-0.15, -0.1) is 0 Å². The monoisotopic (exact) mass is 320 g/mol. The Morgan fingerprint density at radius 1 is 0.917 bits per heavy atom. The summed E-state index contributed by atoms with van der Waals surface area (Å²) in [6.45, 7) is 6.16. The fraction of sp³-hybridized carbons (Fsp3) is 0.158. The van der Waals surface area contributed by atoms with Gasteiger partial charge >= 0.3 is 0 Å². The quantitative estimate of drug-likeness (QED) is 0.739. The highest BCUT2D eigenvalue weighted by molar-refractivity contribution is 5.59. The molecule has 24 heavy (non-hydrogen) atoms. The van der Waals surface area contributed by atoms with Gasteiger partial charge in [0.05, 0.1) is 0 Å². The summed E-state index contributed by atoms with van der Waals surface area (Å²) >= 11 is 0. The number of nitrogens with one attached hydrogen (secondary N) is 1. The zero-order valence-corrected chi connectivity index (χ0v) is 14.0.